The molecule has 1 rings (SSSR count). The predicted octanol–water partition coefficient (Wildman–Crippen LogP) is 1.10. The monoisotopic (exact) mass is 214 g/mol. The van der Waals surface area contributed by atoms with Gasteiger partial charge in [0.05, 0.1) is 12.3 Å². The Hall–Kier alpha value is -1.20. The maximum Gasteiger partial charge on any atom is 0.170 e. The first kappa shape index (κ1) is 10.9. The molecule has 0 bridgehead atoms. The van der Waals surface area contributed by atoms with Crippen molar-refractivity contribution in [2.75, 3.05) is 18.5 Å². The van der Waals surface area contributed by atoms with E-state index in [1.54, 1.807) is 18.2 Å². The van der Waals surface area contributed by atoms with Crippen LogP contribution in [0.5, 0.6) is 0 Å². The zero-order valence-corrected chi connectivity index (χ0v) is 8.27. The van der Waals surface area contributed by atoms with Crippen LogP contribution in [0.1, 0.15) is 0 Å². The maximum atomic E-state index is 13.1. The van der Waals surface area contributed by atoms with E-state index < -0.39 is 0 Å². The normalized spacial score (nSPS) is 9.57. The van der Waals surface area contributed by atoms with E-state index in [1.165, 1.54) is 6.07 Å². The first-order valence-corrected chi connectivity index (χ1v) is 4.55. The number of nitrogens with one attached hydrogen (secondary N) is 2. The number of aliphatic hydroxyl groups is 1. The molecule has 0 atom stereocenters. The number of hydrogen-bond acceptors (Lipinski definition) is 2. The Kier molecular flexibility index (Phi) is 4.28. The van der Waals surface area contributed by atoms with Crippen LogP contribution in [0.2, 0.25) is 0 Å². The fraction of sp³-hybridized carbons (Fsp3) is 0.222. The van der Waals surface area contributed by atoms with Gasteiger partial charge in [0, 0.05) is 6.54 Å². The molecule has 3 N–H and O–H groups in total. The number of anilines is 1. The molecule has 0 fully saturated rings. The summed E-state index contributed by atoms with van der Waals surface area (Å²) in [5.41, 5.74) is 0.322. The van der Waals surface area contributed by atoms with Crippen LogP contribution in [-0.4, -0.2) is 23.4 Å². The molecule has 0 aromatic heterocycles. The van der Waals surface area contributed by atoms with Crippen molar-refractivity contribution in [1.82, 2.24) is 5.32 Å². The zero-order chi connectivity index (χ0) is 10.4. The minimum absolute atomic E-state index is 0.0148. The van der Waals surface area contributed by atoms with E-state index in [0.29, 0.717) is 17.3 Å². The first-order chi connectivity index (χ1) is 6.74. The number of benzene rings is 1. The zero-order valence-electron chi connectivity index (χ0n) is 7.46. The van der Waals surface area contributed by atoms with E-state index >= 15 is 0 Å². The van der Waals surface area contributed by atoms with Gasteiger partial charge in [0.2, 0.25) is 0 Å². The van der Waals surface area contributed by atoms with Gasteiger partial charge in [-0.05, 0) is 24.4 Å². The minimum Gasteiger partial charge on any atom is -0.395 e. The van der Waals surface area contributed by atoms with Crippen molar-refractivity contribution in [3.8, 4) is 0 Å². The smallest absolute Gasteiger partial charge is 0.170 e. The average Bonchev–Trinajstić information content (AvgIpc) is 2.18. The lowest BCUT2D eigenvalue weighted by molar-refractivity contribution is 0.300. The SMILES string of the molecule is OCCNC(=S)Nc1ccccc1F. The third kappa shape index (κ3) is 3.27. The highest BCUT2D eigenvalue weighted by Crippen LogP contribution is 2.11. The van der Waals surface area contributed by atoms with Gasteiger partial charge in [0.25, 0.3) is 0 Å². The van der Waals surface area contributed by atoms with Gasteiger partial charge < -0.3 is 15.7 Å². The molecule has 1 aromatic rings. The van der Waals surface area contributed by atoms with Gasteiger partial charge in [-0.3, -0.25) is 0 Å². The number of aliphatic hydroxyl groups excluding tert-OH is 1. The Labute approximate surface area is 86.9 Å². The highest BCUT2D eigenvalue weighted by molar-refractivity contribution is 7.80. The van der Waals surface area contributed by atoms with E-state index in [0.717, 1.165) is 0 Å². The molecule has 0 spiro atoms. The van der Waals surface area contributed by atoms with Gasteiger partial charge in [-0.15, -0.1) is 0 Å². The molecule has 76 valence electrons. The molecular weight excluding hydrogens is 203 g/mol. The van der Waals surface area contributed by atoms with Crippen molar-refractivity contribution in [3.05, 3.63) is 30.1 Å². The van der Waals surface area contributed by atoms with E-state index in [2.05, 4.69) is 10.6 Å². The number of halogens is 1. The number of hydrogen-bond donors (Lipinski definition) is 3. The molecule has 0 aliphatic heterocycles. The molecule has 1 aromatic carbocycles. The predicted molar refractivity (Wildman–Crippen MR) is 57.7 cm³/mol. The van der Waals surface area contributed by atoms with Crippen molar-refractivity contribution >= 4 is 23.0 Å². The quantitative estimate of drug-likeness (QED) is 0.659. The van der Waals surface area contributed by atoms with Crippen molar-refractivity contribution in [2.45, 2.75) is 0 Å². The van der Waals surface area contributed by atoms with Gasteiger partial charge >= 0.3 is 0 Å². The third-order valence-electron chi connectivity index (χ3n) is 1.52. The van der Waals surface area contributed by atoms with Crippen LogP contribution in [0.25, 0.3) is 0 Å². The van der Waals surface area contributed by atoms with Crippen LogP contribution < -0.4 is 10.6 Å². The van der Waals surface area contributed by atoms with Crippen LogP contribution in [0, 0.1) is 5.82 Å². The van der Waals surface area contributed by atoms with Crippen molar-refractivity contribution in [3.63, 3.8) is 0 Å². The summed E-state index contributed by atoms with van der Waals surface area (Å²) in [7, 11) is 0. The Morgan fingerprint density at radius 2 is 2.14 bits per heavy atom. The lowest BCUT2D eigenvalue weighted by Gasteiger charge is -2.09. The molecule has 0 aliphatic carbocycles. The lowest BCUT2D eigenvalue weighted by Crippen LogP contribution is -2.30. The summed E-state index contributed by atoms with van der Waals surface area (Å²) in [6.45, 7) is 0.333. The van der Waals surface area contributed by atoms with Gasteiger partial charge in [-0.25, -0.2) is 4.39 Å². The minimum atomic E-state index is -0.361. The second kappa shape index (κ2) is 5.51. The summed E-state index contributed by atoms with van der Waals surface area (Å²) in [5.74, 6) is -0.361. The van der Waals surface area contributed by atoms with Crippen molar-refractivity contribution < 1.29 is 9.50 Å². The second-order valence-corrected chi connectivity index (χ2v) is 2.99. The molecule has 0 saturated heterocycles. The van der Waals surface area contributed by atoms with Crippen LogP contribution in [-0.2, 0) is 0 Å². The topological polar surface area (TPSA) is 44.3 Å². The van der Waals surface area contributed by atoms with E-state index in [9.17, 15) is 4.39 Å². The lowest BCUT2D eigenvalue weighted by atomic mass is 10.3. The fourth-order valence-electron chi connectivity index (χ4n) is 0.899. The van der Waals surface area contributed by atoms with E-state index in [-0.39, 0.29) is 12.4 Å². The van der Waals surface area contributed by atoms with Crippen molar-refractivity contribution in [2.24, 2.45) is 0 Å². The summed E-state index contributed by atoms with van der Waals surface area (Å²) in [4.78, 5) is 0. The van der Waals surface area contributed by atoms with Crippen molar-refractivity contribution in [1.29, 1.82) is 0 Å². The fourth-order valence-corrected chi connectivity index (χ4v) is 1.11. The highest BCUT2D eigenvalue weighted by Gasteiger charge is 2.01. The Morgan fingerprint density at radius 3 is 2.79 bits per heavy atom. The first-order valence-electron chi connectivity index (χ1n) is 4.14. The highest BCUT2D eigenvalue weighted by atomic mass is 32.1. The molecule has 0 amide bonds. The summed E-state index contributed by atoms with van der Waals surface area (Å²) in [6, 6.07) is 6.24. The van der Waals surface area contributed by atoms with E-state index in [1.807, 2.05) is 0 Å². The molecule has 0 unspecified atom stereocenters. The summed E-state index contributed by atoms with van der Waals surface area (Å²) in [5, 5.41) is 14.2. The van der Waals surface area contributed by atoms with Crippen LogP contribution in [0.3, 0.4) is 0 Å². The third-order valence-corrected chi connectivity index (χ3v) is 1.77. The number of para-hydroxylation sites is 1. The summed E-state index contributed by atoms with van der Waals surface area (Å²) in [6.07, 6.45) is 0. The summed E-state index contributed by atoms with van der Waals surface area (Å²) < 4.78 is 13.1. The van der Waals surface area contributed by atoms with Gasteiger partial charge in [0.1, 0.15) is 5.82 Å². The Bertz CT molecular complexity index is 319. The molecule has 3 nitrogen and oxygen atoms in total. The van der Waals surface area contributed by atoms with Gasteiger partial charge in [0.15, 0.2) is 5.11 Å². The van der Waals surface area contributed by atoms with Gasteiger partial charge in [-0.1, -0.05) is 12.1 Å². The molecule has 0 heterocycles. The molecule has 0 saturated carbocycles. The maximum absolute atomic E-state index is 13.1. The Balaban J connectivity index is 2.52. The molecule has 5 heteroatoms. The summed E-state index contributed by atoms with van der Waals surface area (Å²) >= 11 is 4.86. The second-order valence-electron chi connectivity index (χ2n) is 2.58. The van der Waals surface area contributed by atoms with Crippen LogP contribution in [0.4, 0.5) is 10.1 Å². The number of thiocarbonyl (C=S) groups is 1. The molecule has 14 heavy (non-hydrogen) atoms. The average molecular weight is 214 g/mol. The standard InChI is InChI=1S/C9H11FN2OS/c10-7-3-1-2-4-8(7)12-9(14)11-5-6-13/h1-4,13H,5-6H2,(H2,11,12,14). The molecular formula is C9H11FN2OS. The number of rotatable bonds is 3. The van der Waals surface area contributed by atoms with Crippen LogP contribution >= 0.6 is 12.2 Å². The van der Waals surface area contributed by atoms with Crippen LogP contribution in [0.15, 0.2) is 24.3 Å². The molecule has 0 aliphatic rings. The van der Waals surface area contributed by atoms with Gasteiger partial charge in [-0.2, -0.15) is 0 Å². The van der Waals surface area contributed by atoms with E-state index in [4.69, 9.17) is 17.3 Å². The largest absolute Gasteiger partial charge is 0.395 e. The molecule has 0 radical (unpaired) electrons. The Morgan fingerprint density at radius 1 is 1.43 bits per heavy atom.